The van der Waals surface area contributed by atoms with Crippen molar-refractivity contribution in [3.8, 4) is 5.75 Å². The van der Waals surface area contributed by atoms with Crippen molar-refractivity contribution in [1.82, 2.24) is 0 Å². The second-order valence-electron chi connectivity index (χ2n) is 5.20. The van der Waals surface area contributed by atoms with Crippen LogP contribution in [0.3, 0.4) is 0 Å². The smallest absolute Gasteiger partial charge is 0.153 e. The quantitative estimate of drug-likeness (QED) is 0.669. The number of rotatable bonds is 7. The van der Waals surface area contributed by atoms with Crippen LogP contribution in [-0.2, 0) is 6.61 Å². The highest BCUT2D eigenvalue weighted by Gasteiger charge is 2.11. The fourth-order valence-electron chi connectivity index (χ4n) is 2.52. The summed E-state index contributed by atoms with van der Waals surface area (Å²) in [6.07, 6.45) is 3.04. The third-order valence-electron chi connectivity index (χ3n) is 3.86. The van der Waals surface area contributed by atoms with E-state index in [1.54, 1.807) is 0 Å². The van der Waals surface area contributed by atoms with Gasteiger partial charge in [-0.2, -0.15) is 0 Å². The first-order chi connectivity index (χ1) is 10.3. The summed E-state index contributed by atoms with van der Waals surface area (Å²) in [6, 6.07) is 15.9. The van der Waals surface area contributed by atoms with E-state index in [4.69, 9.17) is 4.74 Å². The molecular weight excluding hydrogens is 260 g/mol. The maximum Gasteiger partial charge on any atom is 0.153 e. The third-order valence-corrected chi connectivity index (χ3v) is 3.86. The molecule has 0 radical (unpaired) electrons. The van der Waals surface area contributed by atoms with E-state index in [9.17, 15) is 4.79 Å². The lowest BCUT2D eigenvalue weighted by molar-refractivity contribution is 0.111. The van der Waals surface area contributed by atoms with Gasteiger partial charge in [0.05, 0.1) is 5.56 Å². The van der Waals surface area contributed by atoms with Gasteiger partial charge in [0.25, 0.3) is 0 Å². The fraction of sp³-hybridized carbons (Fsp3) is 0.316. The van der Waals surface area contributed by atoms with Gasteiger partial charge < -0.3 is 4.74 Å². The summed E-state index contributed by atoms with van der Waals surface area (Å²) in [7, 11) is 0. The molecule has 0 aliphatic rings. The van der Waals surface area contributed by atoms with Gasteiger partial charge in [-0.25, -0.2) is 0 Å². The van der Waals surface area contributed by atoms with E-state index in [2.05, 4.69) is 13.8 Å². The highest BCUT2D eigenvalue weighted by Crippen LogP contribution is 2.28. The Bertz CT molecular complexity index is 571. The van der Waals surface area contributed by atoms with Crippen LogP contribution in [0.1, 0.15) is 54.1 Å². The molecule has 0 aromatic heterocycles. The van der Waals surface area contributed by atoms with E-state index >= 15 is 0 Å². The van der Waals surface area contributed by atoms with E-state index in [0.717, 1.165) is 24.7 Å². The molecule has 0 spiro atoms. The molecule has 0 aliphatic heterocycles. The summed E-state index contributed by atoms with van der Waals surface area (Å²) in [5, 5.41) is 0. The van der Waals surface area contributed by atoms with Gasteiger partial charge in [0.1, 0.15) is 12.4 Å². The van der Waals surface area contributed by atoms with Crippen LogP contribution in [-0.4, -0.2) is 6.29 Å². The molecule has 0 N–H and O–H groups in total. The normalized spacial score (nSPS) is 10.6. The van der Waals surface area contributed by atoms with Gasteiger partial charge in [0.2, 0.25) is 0 Å². The van der Waals surface area contributed by atoms with Crippen LogP contribution < -0.4 is 4.74 Å². The number of hydrogen-bond acceptors (Lipinski definition) is 2. The summed E-state index contributed by atoms with van der Waals surface area (Å²) in [4.78, 5) is 11.2. The Kier molecular flexibility index (Phi) is 5.56. The Morgan fingerprint density at radius 2 is 1.76 bits per heavy atom. The maximum absolute atomic E-state index is 11.2. The summed E-state index contributed by atoms with van der Waals surface area (Å²) < 4.78 is 5.86. The summed E-state index contributed by atoms with van der Waals surface area (Å²) >= 11 is 0. The zero-order valence-electron chi connectivity index (χ0n) is 12.7. The number of carbonyl (C=O) groups is 1. The van der Waals surface area contributed by atoms with Gasteiger partial charge in [-0.15, -0.1) is 0 Å². The Balaban J connectivity index is 2.19. The fourth-order valence-corrected chi connectivity index (χ4v) is 2.52. The molecule has 2 aromatic carbocycles. The molecule has 2 nitrogen and oxygen atoms in total. The molecule has 0 amide bonds. The first kappa shape index (κ1) is 15.3. The minimum atomic E-state index is 0.480. The summed E-state index contributed by atoms with van der Waals surface area (Å²) in [5.41, 5.74) is 2.96. The number of benzene rings is 2. The molecule has 0 saturated carbocycles. The summed E-state index contributed by atoms with van der Waals surface area (Å²) in [5.74, 6) is 1.20. The van der Waals surface area contributed by atoms with E-state index in [-0.39, 0.29) is 0 Å². The number of carbonyl (C=O) groups excluding carboxylic acids is 1. The van der Waals surface area contributed by atoms with E-state index in [1.807, 2.05) is 48.5 Å². The molecule has 110 valence electrons. The number of hydrogen-bond donors (Lipinski definition) is 0. The zero-order chi connectivity index (χ0) is 15.1. The Morgan fingerprint density at radius 1 is 1.05 bits per heavy atom. The van der Waals surface area contributed by atoms with Crippen molar-refractivity contribution in [1.29, 1.82) is 0 Å². The van der Waals surface area contributed by atoms with Crippen LogP contribution in [0.15, 0.2) is 48.5 Å². The van der Waals surface area contributed by atoms with Crippen LogP contribution in [0.5, 0.6) is 5.75 Å². The predicted octanol–water partition coefficient (Wildman–Crippen LogP) is 4.98. The molecule has 0 bridgehead atoms. The van der Waals surface area contributed by atoms with Crippen molar-refractivity contribution in [2.45, 2.75) is 39.2 Å². The van der Waals surface area contributed by atoms with E-state index in [0.29, 0.717) is 23.8 Å². The molecule has 0 fully saturated rings. The first-order valence-corrected chi connectivity index (χ1v) is 7.54. The van der Waals surface area contributed by atoms with Gasteiger partial charge in [-0.3, -0.25) is 4.79 Å². The van der Waals surface area contributed by atoms with E-state index < -0.39 is 0 Å². The Labute approximate surface area is 126 Å². The van der Waals surface area contributed by atoms with Gasteiger partial charge in [-0.05, 0) is 42.0 Å². The van der Waals surface area contributed by atoms with E-state index in [1.165, 1.54) is 5.56 Å². The first-order valence-electron chi connectivity index (χ1n) is 7.54. The molecule has 21 heavy (non-hydrogen) atoms. The van der Waals surface area contributed by atoms with Gasteiger partial charge in [0, 0.05) is 0 Å². The third kappa shape index (κ3) is 3.94. The van der Waals surface area contributed by atoms with Gasteiger partial charge in [-0.1, -0.05) is 50.2 Å². The lowest BCUT2D eigenvalue weighted by Gasteiger charge is -2.16. The van der Waals surface area contributed by atoms with Crippen LogP contribution in [0.4, 0.5) is 0 Å². The van der Waals surface area contributed by atoms with Crippen molar-refractivity contribution >= 4 is 6.29 Å². The number of aldehydes is 1. The van der Waals surface area contributed by atoms with Crippen molar-refractivity contribution in [3.63, 3.8) is 0 Å². The van der Waals surface area contributed by atoms with Crippen LogP contribution in [0, 0.1) is 0 Å². The van der Waals surface area contributed by atoms with Gasteiger partial charge >= 0.3 is 0 Å². The zero-order valence-corrected chi connectivity index (χ0v) is 12.7. The highest BCUT2D eigenvalue weighted by atomic mass is 16.5. The second-order valence-corrected chi connectivity index (χ2v) is 5.20. The van der Waals surface area contributed by atoms with Crippen LogP contribution >= 0.6 is 0 Å². The predicted molar refractivity (Wildman–Crippen MR) is 85.9 cm³/mol. The Hall–Kier alpha value is -2.09. The minimum Gasteiger partial charge on any atom is -0.488 e. The monoisotopic (exact) mass is 282 g/mol. The average Bonchev–Trinajstić information content (AvgIpc) is 2.55. The molecule has 0 heterocycles. The van der Waals surface area contributed by atoms with Crippen molar-refractivity contribution in [2.24, 2.45) is 0 Å². The topological polar surface area (TPSA) is 26.3 Å². The molecule has 0 atom stereocenters. The summed E-state index contributed by atoms with van der Waals surface area (Å²) in [6.45, 7) is 4.85. The number of ether oxygens (including phenoxy) is 1. The minimum absolute atomic E-state index is 0.480. The standard InChI is InChI=1S/C19H22O2/c1-3-16(4-2)17-10-11-18(13-20)19(12-17)21-14-15-8-6-5-7-9-15/h5-13,16H,3-4,14H2,1-2H3. The molecular formula is C19H22O2. The van der Waals surface area contributed by atoms with Crippen LogP contribution in [0.2, 0.25) is 0 Å². The molecule has 2 heteroatoms. The molecule has 0 saturated heterocycles. The van der Waals surface area contributed by atoms with Gasteiger partial charge in [0.15, 0.2) is 6.29 Å². The maximum atomic E-state index is 11.2. The van der Waals surface area contributed by atoms with Crippen molar-refractivity contribution < 1.29 is 9.53 Å². The molecule has 0 aliphatic carbocycles. The van der Waals surface area contributed by atoms with Crippen LogP contribution in [0.25, 0.3) is 0 Å². The largest absolute Gasteiger partial charge is 0.488 e. The molecule has 2 aromatic rings. The van der Waals surface area contributed by atoms with Crippen molar-refractivity contribution in [2.75, 3.05) is 0 Å². The SMILES string of the molecule is CCC(CC)c1ccc(C=O)c(OCc2ccccc2)c1. The van der Waals surface area contributed by atoms with Crippen molar-refractivity contribution in [3.05, 3.63) is 65.2 Å². The molecule has 2 rings (SSSR count). The average molecular weight is 282 g/mol. The lowest BCUT2D eigenvalue weighted by Crippen LogP contribution is -2.01. The lowest BCUT2D eigenvalue weighted by atomic mass is 9.93. The second kappa shape index (κ2) is 7.63. The molecule has 0 unspecified atom stereocenters. The highest BCUT2D eigenvalue weighted by molar-refractivity contribution is 5.79. The Morgan fingerprint density at radius 3 is 2.38 bits per heavy atom.